The molecule has 1 aliphatic heterocycles. The summed E-state index contributed by atoms with van der Waals surface area (Å²) < 4.78 is 9.78. The zero-order valence-corrected chi connectivity index (χ0v) is 30.0. The van der Waals surface area contributed by atoms with Gasteiger partial charge in [-0.3, -0.25) is 0 Å². The molecule has 6 heteroatoms. The van der Waals surface area contributed by atoms with E-state index in [1.807, 2.05) is 0 Å². The van der Waals surface area contributed by atoms with Gasteiger partial charge in [-0.15, -0.1) is 0 Å². The van der Waals surface area contributed by atoms with E-state index in [-0.39, 0.29) is 27.0 Å². The van der Waals surface area contributed by atoms with Crippen molar-refractivity contribution >= 4 is 41.5 Å². The summed E-state index contributed by atoms with van der Waals surface area (Å²) in [5, 5.41) is 4.19. The Hall–Kier alpha value is -3.71. The van der Waals surface area contributed by atoms with Crippen LogP contribution >= 0.6 is 7.92 Å². The second-order valence-corrected chi connectivity index (χ2v) is 13.5. The fourth-order valence-electron chi connectivity index (χ4n) is 6.14. The number of anilines is 1. The minimum absolute atomic E-state index is 0. The van der Waals surface area contributed by atoms with E-state index in [0.717, 1.165) is 13.1 Å². The summed E-state index contributed by atoms with van der Waals surface area (Å²) >= 11 is 0. The van der Waals surface area contributed by atoms with Crippen LogP contribution in [0.4, 0.5) is 11.4 Å². The van der Waals surface area contributed by atoms with Crippen LogP contribution in [0, 0.1) is 48.2 Å². The number of rotatable bonds is 5. The van der Waals surface area contributed by atoms with Gasteiger partial charge in [-0.25, -0.2) is 0 Å². The molecule has 0 fully saturated rings. The largest absolute Gasteiger partial charge is 3.00 e. The van der Waals surface area contributed by atoms with Gasteiger partial charge in [0.25, 0.3) is 0 Å². The van der Waals surface area contributed by atoms with Crippen molar-refractivity contribution in [1.82, 2.24) is 0 Å². The first-order valence-electron chi connectivity index (χ1n) is 14.9. The first kappa shape index (κ1) is 38.5. The van der Waals surface area contributed by atoms with Gasteiger partial charge in [0, 0.05) is 11.4 Å². The van der Waals surface area contributed by atoms with Gasteiger partial charge in [-0.05, 0) is 65.4 Å². The van der Waals surface area contributed by atoms with Crippen LogP contribution in [0.25, 0.3) is 0 Å². The average Bonchev–Trinajstić information content (AvgIpc) is 3.48. The van der Waals surface area contributed by atoms with Crippen molar-refractivity contribution in [2.24, 2.45) is 0 Å². The van der Waals surface area contributed by atoms with Gasteiger partial charge in [-0.1, -0.05) is 149 Å². The number of nitrogens with zero attached hydrogens (tertiary/aromatic N) is 2. The molecule has 0 amide bonds. The maximum absolute atomic E-state index is 7.50. The summed E-state index contributed by atoms with van der Waals surface area (Å²) in [5.41, 5.74) is 10.6. The van der Waals surface area contributed by atoms with E-state index in [0.29, 0.717) is 0 Å². The molecule has 0 aromatic heterocycles. The molecule has 0 saturated heterocycles. The van der Waals surface area contributed by atoms with E-state index in [4.69, 9.17) is 4.65 Å². The van der Waals surface area contributed by atoms with Gasteiger partial charge < -0.3 is 17.0 Å². The topological polar surface area (TPSA) is 26.1 Å². The Labute approximate surface area is 291 Å². The Morgan fingerprint density at radius 3 is 1.35 bits per heavy atom. The van der Waals surface area contributed by atoms with E-state index in [1.165, 1.54) is 60.7 Å². The van der Waals surface area contributed by atoms with Crippen LogP contribution in [-0.2, 0) is 24.1 Å². The first-order valence-corrected chi connectivity index (χ1v) is 16.3. The second kappa shape index (κ2) is 18.4. The summed E-state index contributed by atoms with van der Waals surface area (Å²) in [5.74, 6) is 0. The monoisotopic (exact) mass is 719 g/mol. The fraction of sp³-hybridized carbons (Fsp3) is 0.200. The molecule has 0 aliphatic carbocycles. The van der Waals surface area contributed by atoms with Gasteiger partial charge in [0.05, 0.1) is 0 Å². The maximum atomic E-state index is 7.50. The van der Waals surface area contributed by atoms with E-state index in [1.54, 1.807) is 0 Å². The third-order valence-corrected chi connectivity index (χ3v) is 10.1. The van der Waals surface area contributed by atoms with Crippen LogP contribution in [0.5, 0.6) is 0 Å². The third kappa shape index (κ3) is 9.41. The summed E-state index contributed by atoms with van der Waals surface area (Å²) in [6, 6.07) is 41.4. The number of hydrogen-bond acceptors (Lipinski definition) is 1. The van der Waals surface area contributed by atoms with E-state index < -0.39 is 7.92 Å². The smallest absolute Gasteiger partial charge is 1.00 e. The summed E-state index contributed by atoms with van der Waals surface area (Å²) in [6.45, 7) is 19.6. The third-order valence-electron chi connectivity index (χ3n) is 7.64. The average molecular weight is 719 g/mol. The van der Waals surface area contributed by atoms with Gasteiger partial charge in [-0.2, -0.15) is 0 Å². The number of halogens is 1. The van der Waals surface area contributed by atoms with Crippen LogP contribution in [0.1, 0.15) is 36.2 Å². The molecule has 0 unspecified atom stereocenters. The molecule has 1 radical (unpaired) electrons. The predicted octanol–water partition coefficient (Wildman–Crippen LogP) is 5.24. The summed E-state index contributed by atoms with van der Waals surface area (Å²) in [6.07, 6.45) is 3.59. The van der Waals surface area contributed by atoms with E-state index in [2.05, 4.69) is 179 Å². The molecule has 3 nitrogen and oxygen atoms in total. The molecule has 5 aromatic rings. The second-order valence-electron chi connectivity index (χ2n) is 11.2. The SMILES string of the molecule is Cc1cc(C)c(N2[C-]=[N+](c3c(C)cc(C)cc3C)CC2)c(C)c1.[C-]#[O+].[F-].[H-].[H-].[Ru+3].c1ccc(P(c2ccccc2)c2ccccc2)cc1. The van der Waals surface area contributed by atoms with Crippen molar-refractivity contribution < 1.29 is 36.3 Å². The summed E-state index contributed by atoms with van der Waals surface area (Å²) in [7, 11) is -0.446. The first-order chi connectivity index (χ1) is 21.3. The standard InChI is InChI=1S/C21H26N2.C18H15P.CO.FH.Ru.2H/c1-14-9-16(3)20(17(4)10-14)22-7-8-23(13-22)21-18(5)11-15(2)12-19(21)6;1-4-10-16(11-5-1)19(17-12-6-2-7-13-17)18-14-8-3-9-15-18;1-2;;;;/h9-12H,7-8H2,1-6H3;1-15H;;1H;;;/q;;;;+3;2*-1/p-1. The maximum Gasteiger partial charge on any atom is 3.00 e. The normalized spacial score (nSPS) is 11.6. The van der Waals surface area contributed by atoms with E-state index in [9.17, 15) is 0 Å². The Balaban J connectivity index is 0.000000821. The minimum atomic E-state index is -0.446. The van der Waals surface area contributed by atoms with Crippen molar-refractivity contribution in [3.05, 3.63) is 155 Å². The van der Waals surface area contributed by atoms with Gasteiger partial charge in [0.15, 0.2) is 0 Å². The molecule has 0 N–H and O–H groups in total. The Kier molecular flexibility index (Phi) is 15.4. The molecule has 46 heavy (non-hydrogen) atoms. The quantitative estimate of drug-likeness (QED) is 0.0804. The van der Waals surface area contributed by atoms with Gasteiger partial charge in [0.1, 0.15) is 13.1 Å². The van der Waals surface area contributed by atoms with Crippen LogP contribution < -0.4 is 25.5 Å². The van der Waals surface area contributed by atoms with Crippen molar-refractivity contribution in [2.75, 3.05) is 18.0 Å². The van der Waals surface area contributed by atoms with Gasteiger partial charge in [0.2, 0.25) is 6.34 Å². The Bertz CT molecular complexity index is 1610. The molecule has 1 aliphatic rings. The summed E-state index contributed by atoms with van der Waals surface area (Å²) in [4.78, 5) is 2.28. The molecule has 6 rings (SSSR count). The predicted molar refractivity (Wildman–Crippen MR) is 190 cm³/mol. The van der Waals surface area contributed by atoms with Crippen LogP contribution in [0.3, 0.4) is 0 Å². The van der Waals surface area contributed by atoms with E-state index >= 15 is 0 Å². The number of aryl methyl sites for hydroxylation is 6. The Morgan fingerprint density at radius 1 is 0.630 bits per heavy atom. The van der Waals surface area contributed by atoms with Crippen molar-refractivity contribution in [2.45, 2.75) is 41.5 Å². The molecule has 0 atom stereocenters. The molecule has 239 valence electrons. The van der Waals surface area contributed by atoms with Crippen LogP contribution in [0.15, 0.2) is 115 Å². The molecule has 0 spiro atoms. The Morgan fingerprint density at radius 2 is 0.978 bits per heavy atom. The van der Waals surface area contributed by atoms with Gasteiger partial charge >= 0.3 is 30.8 Å². The molecule has 1 heterocycles. The van der Waals surface area contributed by atoms with Crippen molar-refractivity contribution in [3.8, 4) is 0 Å². The molecule has 0 saturated carbocycles. The van der Waals surface area contributed by atoms with Crippen LogP contribution in [-0.4, -0.2) is 24.0 Å². The van der Waals surface area contributed by atoms with Crippen molar-refractivity contribution in [1.29, 1.82) is 0 Å². The fourth-order valence-corrected chi connectivity index (χ4v) is 8.45. The molecular formula is C40H43FN2OPRu. The number of hydrogen-bond donors (Lipinski definition) is 0. The zero-order valence-electron chi connectivity index (χ0n) is 29.4. The number of benzene rings is 5. The van der Waals surface area contributed by atoms with Crippen molar-refractivity contribution in [3.63, 3.8) is 0 Å². The molecule has 5 aromatic carbocycles. The zero-order chi connectivity index (χ0) is 31.6. The minimum Gasteiger partial charge on any atom is -1.00 e. The molecule has 0 bridgehead atoms. The molecular weight excluding hydrogens is 675 g/mol. The van der Waals surface area contributed by atoms with Crippen LogP contribution in [0.2, 0.25) is 0 Å².